The van der Waals surface area contributed by atoms with Crippen LogP contribution in [-0.4, -0.2) is 53.4 Å². The van der Waals surface area contributed by atoms with E-state index in [1.165, 1.54) is 23.1 Å². The number of hydrogen-bond donors (Lipinski definition) is 1. The predicted octanol–water partition coefficient (Wildman–Crippen LogP) is 1.47. The summed E-state index contributed by atoms with van der Waals surface area (Å²) >= 11 is 0. The Bertz CT molecular complexity index is 742. The van der Waals surface area contributed by atoms with Crippen molar-refractivity contribution in [2.45, 2.75) is 38.3 Å². The number of hydrogen-bond acceptors (Lipinski definition) is 6. The normalized spacial score (nSPS) is 20.2. The van der Waals surface area contributed by atoms with Crippen molar-refractivity contribution in [1.29, 1.82) is 0 Å². The number of benzene rings is 1. The second kappa shape index (κ2) is 8.53. The van der Waals surface area contributed by atoms with Gasteiger partial charge >= 0.3 is 0 Å². The Hall–Kier alpha value is -2.39. The molecule has 0 aromatic heterocycles. The maximum atomic E-state index is 12.9. The van der Waals surface area contributed by atoms with Crippen LogP contribution in [0.1, 0.15) is 26.2 Å². The zero-order chi connectivity index (χ0) is 18.8. The van der Waals surface area contributed by atoms with Crippen molar-refractivity contribution in [3.63, 3.8) is 0 Å². The van der Waals surface area contributed by atoms with Gasteiger partial charge in [-0.3, -0.25) is 24.6 Å². The van der Waals surface area contributed by atoms with Crippen molar-refractivity contribution in [3.8, 4) is 5.75 Å². The van der Waals surface area contributed by atoms with Crippen LogP contribution in [0.5, 0.6) is 5.75 Å². The molecular weight excluding hydrogens is 376 g/mol. The van der Waals surface area contributed by atoms with Gasteiger partial charge < -0.3 is 15.4 Å². The lowest BCUT2D eigenvalue weighted by molar-refractivity contribution is -0.384. The molecule has 2 amide bonds. The fourth-order valence-electron chi connectivity index (χ4n) is 3.52. The Morgan fingerprint density at radius 2 is 2.19 bits per heavy atom. The van der Waals surface area contributed by atoms with E-state index in [0.29, 0.717) is 12.3 Å². The van der Waals surface area contributed by atoms with E-state index in [-0.39, 0.29) is 54.9 Å². The number of nitro groups is 1. The molecule has 9 nitrogen and oxygen atoms in total. The van der Waals surface area contributed by atoms with Crippen LogP contribution in [0.25, 0.3) is 0 Å². The molecule has 1 fully saturated rings. The number of piperidine rings is 1. The maximum absolute atomic E-state index is 12.9. The SMILES string of the molecule is CC(N)C1CCCCN1C(=O)CN1C(=O)COc2ccc([N+](=O)[O-])cc21.Cl. The second-order valence-corrected chi connectivity index (χ2v) is 6.69. The largest absolute Gasteiger partial charge is 0.482 e. The molecule has 2 N–H and O–H groups in total. The van der Waals surface area contributed by atoms with Gasteiger partial charge in [-0.15, -0.1) is 12.4 Å². The maximum Gasteiger partial charge on any atom is 0.271 e. The van der Waals surface area contributed by atoms with Gasteiger partial charge in [0.15, 0.2) is 6.61 Å². The van der Waals surface area contributed by atoms with Crippen LogP contribution in [0.3, 0.4) is 0 Å². The molecule has 0 radical (unpaired) electrons. The topological polar surface area (TPSA) is 119 Å². The second-order valence-electron chi connectivity index (χ2n) is 6.69. The molecule has 0 spiro atoms. The molecule has 0 saturated carbocycles. The summed E-state index contributed by atoms with van der Waals surface area (Å²) in [6.07, 6.45) is 2.75. The molecule has 2 aliphatic rings. The van der Waals surface area contributed by atoms with E-state index < -0.39 is 10.8 Å². The number of carbonyl (C=O) groups is 2. The Labute approximate surface area is 163 Å². The lowest BCUT2D eigenvalue weighted by Crippen LogP contribution is -2.55. The summed E-state index contributed by atoms with van der Waals surface area (Å²) in [5.74, 6) is -0.259. The number of fused-ring (bicyclic) bond motifs is 1. The highest BCUT2D eigenvalue weighted by molar-refractivity contribution is 6.02. The van der Waals surface area contributed by atoms with E-state index in [1.807, 2.05) is 6.92 Å². The first kappa shape index (κ1) is 20.9. The summed E-state index contributed by atoms with van der Waals surface area (Å²) in [5, 5.41) is 11.0. The van der Waals surface area contributed by atoms with E-state index in [4.69, 9.17) is 10.5 Å². The highest BCUT2D eigenvalue weighted by atomic mass is 35.5. The number of ether oxygens (including phenoxy) is 1. The van der Waals surface area contributed by atoms with Gasteiger partial charge in [-0.1, -0.05) is 0 Å². The summed E-state index contributed by atoms with van der Waals surface area (Å²) in [6.45, 7) is 2.09. The molecule has 0 aliphatic carbocycles. The van der Waals surface area contributed by atoms with E-state index in [9.17, 15) is 19.7 Å². The fourth-order valence-corrected chi connectivity index (χ4v) is 3.52. The molecule has 2 atom stereocenters. The third-order valence-electron chi connectivity index (χ3n) is 4.87. The van der Waals surface area contributed by atoms with Crippen LogP contribution in [0.4, 0.5) is 11.4 Å². The highest BCUT2D eigenvalue weighted by Crippen LogP contribution is 2.35. The minimum atomic E-state index is -0.546. The molecular formula is C17H23ClN4O5. The number of nitrogens with zero attached hydrogens (tertiary/aromatic N) is 3. The van der Waals surface area contributed by atoms with Gasteiger partial charge in [0.2, 0.25) is 5.91 Å². The number of likely N-dealkylation sites (tertiary alicyclic amines) is 1. The van der Waals surface area contributed by atoms with Crippen molar-refractivity contribution in [2.24, 2.45) is 5.73 Å². The number of anilines is 1. The average Bonchev–Trinajstić information content (AvgIpc) is 2.63. The summed E-state index contributed by atoms with van der Waals surface area (Å²) < 4.78 is 5.33. The number of amides is 2. The Morgan fingerprint density at radius 3 is 2.85 bits per heavy atom. The zero-order valence-corrected chi connectivity index (χ0v) is 15.8. The van der Waals surface area contributed by atoms with Crippen molar-refractivity contribution in [1.82, 2.24) is 4.90 Å². The third kappa shape index (κ3) is 4.30. The fraction of sp³-hybridized carbons (Fsp3) is 0.529. The van der Waals surface area contributed by atoms with Gasteiger partial charge in [-0.25, -0.2) is 0 Å². The molecule has 2 unspecified atom stereocenters. The Balaban J connectivity index is 0.00000261. The molecule has 3 rings (SSSR count). The molecule has 1 aromatic rings. The summed E-state index contributed by atoms with van der Waals surface area (Å²) in [4.78, 5) is 38.6. The van der Waals surface area contributed by atoms with Crippen molar-refractivity contribution in [2.75, 3.05) is 24.6 Å². The zero-order valence-electron chi connectivity index (χ0n) is 15.0. The van der Waals surface area contributed by atoms with Gasteiger partial charge in [0.05, 0.1) is 10.6 Å². The minimum Gasteiger partial charge on any atom is -0.482 e. The molecule has 2 heterocycles. The first-order valence-corrected chi connectivity index (χ1v) is 8.65. The number of nitro benzene ring substituents is 1. The Morgan fingerprint density at radius 1 is 1.44 bits per heavy atom. The van der Waals surface area contributed by atoms with Gasteiger partial charge in [0.1, 0.15) is 12.3 Å². The number of nitrogens with two attached hydrogens (primary N) is 1. The first-order chi connectivity index (χ1) is 12.4. The molecule has 10 heteroatoms. The number of non-ortho nitro benzene ring substituents is 1. The average molecular weight is 399 g/mol. The van der Waals surface area contributed by atoms with E-state index in [1.54, 1.807) is 4.90 Å². The molecule has 1 aromatic carbocycles. The molecule has 0 bridgehead atoms. The summed E-state index contributed by atoms with van der Waals surface area (Å²) in [5.41, 5.74) is 6.10. The predicted molar refractivity (Wildman–Crippen MR) is 101 cm³/mol. The van der Waals surface area contributed by atoms with Crippen molar-refractivity contribution >= 4 is 35.6 Å². The Kier molecular flexibility index (Phi) is 6.61. The monoisotopic (exact) mass is 398 g/mol. The van der Waals surface area contributed by atoms with Gasteiger partial charge in [-0.2, -0.15) is 0 Å². The molecule has 2 aliphatic heterocycles. The van der Waals surface area contributed by atoms with E-state index in [2.05, 4.69) is 0 Å². The van der Waals surface area contributed by atoms with Crippen molar-refractivity contribution < 1.29 is 19.2 Å². The first-order valence-electron chi connectivity index (χ1n) is 8.65. The lowest BCUT2D eigenvalue weighted by atomic mass is 9.97. The van der Waals surface area contributed by atoms with Crippen LogP contribution >= 0.6 is 12.4 Å². The van der Waals surface area contributed by atoms with Gasteiger partial charge in [0, 0.05) is 30.8 Å². The highest BCUT2D eigenvalue weighted by Gasteiger charge is 2.34. The number of rotatable bonds is 4. The van der Waals surface area contributed by atoms with Crippen molar-refractivity contribution in [3.05, 3.63) is 28.3 Å². The summed E-state index contributed by atoms with van der Waals surface area (Å²) in [6, 6.07) is 3.80. The standard InChI is InChI=1S/C17H22N4O5.ClH/c1-11(18)13-4-2-3-7-19(13)16(22)9-20-14-8-12(21(24)25)5-6-15(14)26-10-17(20)23;/h5-6,8,11,13H,2-4,7,9-10,18H2,1H3;1H. The molecule has 148 valence electrons. The minimum absolute atomic E-state index is 0. The number of halogens is 1. The summed E-state index contributed by atoms with van der Waals surface area (Å²) in [7, 11) is 0. The molecule has 27 heavy (non-hydrogen) atoms. The number of carbonyl (C=O) groups excluding carboxylic acids is 2. The van der Waals surface area contributed by atoms with E-state index >= 15 is 0 Å². The van der Waals surface area contributed by atoms with Crippen LogP contribution in [0.2, 0.25) is 0 Å². The molecule has 1 saturated heterocycles. The van der Waals surface area contributed by atoms with Crippen LogP contribution in [0.15, 0.2) is 18.2 Å². The van der Waals surface area contributed by atoms with Gasteiger partial charge in [-0.05, 0) is 32.3 Å². The van der Waals surface area contributed by atoms with Crippen LogP contribution in [0, 0.1) is 10.1 Å². The smallest absolute Gasteiger partial charge is 0.271 e. The lowest BCUT2D eigenvalue weighted by Gasteiger charge is -2.39. The van der Waals surface area contributed by atoms with Gasteiger partial charge in [0.25, 0.3) is 11.6 Å². The van der Waals surface area contributed by atoms with Crippen LogP contribution < -0.4 is 15.4 Å². The quantitative estimate of drug-likeness (QED) is 0.605. The third-order valence-corrected chi connectivity index (χ3v) is 4.87. The van der Waals surface area contributed by atoms with Crippen LogP contribution in [-0.2, 0) is 9.59 Å². The van der Waals surface area contributed by atoms with E-state index in [0.717, 1.165) is 19.3 Å².